The van der Waals surface area contributed by atoms with Crippen molar-refractivity contribution in [3.63, 3.8) is 0 Å². The Morgan fingerprint density at radius 3 is 2.55 bits per heavy atom. The zero-order chi connectivity index (χ0) is 22.6. The number of azide groups is 1. The van der Waals surface area contributed by atoms with Crippen molar-refractivity contribution < 1.29 is 33.3 Å². The molecule has 11 nitrogen and oxygen atoms in total. The van der Waals surface area contributed by atoms with Crippen molar-refractivity contribution in [3.8, 4) is 11.5 Å². The summed E-state index contributed by atoms with van der Waals surface area (Å²) in [6.07, 6.45) is 0.543. The monoisotopic (exact) mass is 430 g/mol. The lowest BCUT2D eigenvalue weighted by molar-refractivity contribution is -0.149. The van der Waals surface area contributed by atoms with E-state index in [1.165, 1.54) is 13.3 Å². The van der Waals surface area contributed by atoms with Gasteiger partial charge in [-0.05, 0) is 31.5 Å². The minimum atomic E-state index is -0.929. The number of aryl methyl sites for hydroxylation is 2. The lowest BCUT2D eigenvalue weighted by Crippen LogP contribution is -2.15. The number of aromatic nitrogens is 1. The number of benzene rings is 1. The van der Waals surface area contributed by atoms with Gasteiger partial charge in [-0.2, -0.15) is 0 Å². The second kappa shape index (κ2) is 12.0. The normalized spacial score (nSPS) is 10.0. The molecule has 0 radical (unpaired) electrons. The molecule has 0 fully saturated rings. The van der Waals surface area contributed by atoms with Gasteiger partial charge in [0.05, 0.1) is 5.69 Å². The molecule has 0 aliphatic rings. The summed E-state index contributed by atoms with van der Waals surface area (Å²) in [5.74, 6) is -0.00356. The molecule has 0 atom stereocenters. The van der Waals surface area contributed by atoms with Gasteiger partial charge in [0.2, 0.25) is 0 Å². The van der Waals surface area contributed by atoms with Crippen molar-refractivity contribution in [2.45, 2.75) is 27.1 Å². The number of carbonyl (C=O) groups is 2. The number of nitrogens with zero attached hydrogens (tertiary/aromatic N) is 4. The Morgan fingerprint density at radius 1 is 1.13 bits per heavy atom. The number of methoxy groups -OCH3 is 1. The summed E-state index contributed by atoms with van der Waals surface area (Å²) in [4.78, 5) is 30.6. The fourth-order valence-electron chi connectivity index (χ4n) is 2.45. The van der Waals surface area contributed by atoms with Crippen LogP contribution in [-0.4, -0.2) is 37.6 Å². The van der Waals surface area contributed by atoms with Crippen molar-refractivity contribution in [2.24, 2.45) is 5.11 Å². The van der Waals surface area contributed by atoms with Gasteiger partial charge in [0.15, 0.2) is 6.73 Å². The van der Waals surface area contributed by atoms with Crippen LogP contribution in [-0.2, 0) is 32.2 Å². The van der Waals surface area contributed by atoms with Crippen LogP contribution in [0.3, 0.4) is 0 Å². The fraction of sp³-hybridized carbons (Fsp3) is 0.350. The number of rotatable bonds is 10. The third kappa shape index (κ3) is 7.50. The van der Waals surface area contributed by atoms with E-state index in [0.29, 0.717) is 22.6 Å². The van der Waals surface area contributed by atoms with Crippen LogP contribution in [0.4, 0.5) is 4.79 Å². The van der Waals surface area contributed by atoms with E-state index in [1.807, 2.05) is 6.92 Å². The number of hydrogen-bond acceptors (Lipinski definition) is 9. The first-order valence-electron chi connectivity index (χ1n) is 9.11. The third-order valence-corrected chi connectivity index (χ3v) is 3.94. The van der Waals surface area contributed by atoms with Gasteiger partial charge in [-0.3, -0.25) is 4.98 Å². The van der Waals surface area contributed by atoms with E-state index in [1.54, 1.807) is 31.2 Å². The molecular formula is C20H22N4O7. The molecule has 0 N–H and O–H groups in total. The van der Waals surface area contributed by atoms with Gasteiger partial charge in [0.25, 0.3) is 0 Å². The first-order chi connectivity index (χ1) is 14.9. The minimum absolute atomic E-state index is 0.154. The van der Waals surface area contributed by atoms with E-state index in [9.17, 15) is 9.59 Å². The number of ether oxygens (including phenoxy) is 5. The molecule has 0 saturated carbocycles. The highest BCUT2D eigenvalue weighted by atomic mass is 16.7. The molecule has 0 saturated heterocycles. The van der Waals surface area contributed by atoms with Crippen molar-refractivity contribution >= 4 is 12.1 Å². The van der Waals surface area contributed by atoms with Crippen molar-refractivity contribution in [2.75, 3.05) is 20.4 Å². The molecule has 1 heterocycles. The van der Waals surface area contributed by atoms with Gasteiger partial charge in [0.1, 0.15) is 31.3 Å². The van der Waals surface area contributed by atoms with Crippen molar-refractivity contribution in [1.82, 2.24) is 4.98 Å². The van der Waals surface area contributed by atoms with E-state index in [-0.39, 0.29) is 32.3 Å². The lowest BCUT2D eigenvalue weighted by atomic mass is 10.1. The average Bonchev–Trinajstić information content (AvgIpc) is 2.75. The largest absolute Gasteiger partial charge is 0.514 e. The average molecular weight is 430 g/mol. The molecule has 0 amide bonds. The maximum Gasteiger partial charge on any atom is 0.514 e. The summed E-state index contributed by atoms with van der Waals surface area (Å²) < 4.78 is 25.7. The molecule has 11 heteroatoms. The molecule has 164 valence electrons. The number of pyridine rings is 1. The quantitative estimate of drug-likeness (QED) is 0.182. The Labute approximate surface area is 178 Å². The third-order valence-electron chi connectivity index (χ3n) is 3.94. The fourth-order valence-corrected chi connectivity index (χ4v) is 2.45. The molecule has 31 heavy (non-hydrogen) atoms. The highest BCUT2D eigenvalue weighted by Gasteiger charge is 2.18. The topological polar surface area (TPSA) is 142 Å². The molecule has 2 rings (SSSR count). The molecule has 0 unspecified atom stereocenters. The number of hydrogen-bond donors (Lipinski definition) is 0. The summed E-state index contributed by atoms with van der Waals surface area (Å²) in [6, 6.07) is 6.87. The molecule has 0 bridgehead atoms. The maximum absolute atomic E-state index is 12.1. The second-order valence-electron chi connectivity index (χ2n) is 6.23. The smallest absolute Gasteiger partial charge is 0.485 e. The zero-order valence-corrected chi connectivity index (χ0v) is 17.4. The van der Waals surface area contributed by atoms with Gasteiger partial charge < -0.3 is 23.7 Å². The summed E-state index contributed by atoms with van der Waals surface area (Å²) >= 11 is 0. The lowest BCUT2D eigenvalue weighted by Gasteiger charge is -2.16. The Kier molecular flexibility index (Phi) is 9.09. The van der Waals surface area contributed by atoms with Crippen LogP contribution in [0.2, 0.25) is 0 Å². The molecule has 0 spiro atoms. The van der Waals surface area contributed by atoms with Crippen LogP contribution in [0.5, 0.6) is 11.5 Å². The van der Waals surface area contributed by atoms with Gasteiger partial charge in [-0.15, -0.1) is 0 Å². The van der Waals surface area contributed by atoms with Crippen LogP contribution >= 0.6 is 0 Å². The first kappa shape index (κ1) is 23.5. The van der Waals surface area contributed by atoms with Crippen LogP contribution in [0.15, 0.2) is 35.6 Å². The minimum Gasteiger partial charge on any atom is -0.485 e. The van der Waals surface area contributed by atoms with E-state index >= 15 is 0 Å². The molecule has 2 aromatic rings. The predicted molar refractivity (Wildman–Crippen MR) is 107 cm³/mol. The van der Waals surface area contributed by atoms with E-state index in [2.05, 4.69) is 15.0 Å². The summed E-state index contributed by atoms with van der Waals surface area (Å²) in [6.45, 7) is 2.66. The summed E-state index contributed by atoms with van der Waals surface area (Å²) in [5, 5.41) is 3.33. The van der Waals surface area contributed by atoms with Crippen LogP contribution in [0.25, 0.3) is 10.4 Å². The number of esters is 1. The Morgan fingerprint density at radius 2 is 1.87 bits per heavy atom. The highest BCUT2D eigenvalue weighted by Crippen LogP contribution is 2.27. The first-order valence-corrected chi connectivity index (χ1v) is 9.11. The predicted octanol–water partition coefficient (Wildman–Crippen LogP) is 3.75. The molecule has 0 aliphatic heterocycles. The Balaban J connectivity index is 2.17. The number of carbonyl (C=O) groups excluding carboxylic acids is 2. The van der Waals surface area contributed by atoms with Crippen molar-refractivity contribution in [3.05, 3.63) is 63.3 Å². The van der Waals surface area contributed by atoms with Crippen LogP contribution < -0.4 is 9.47 Å². The van der Waals surface area contributed by atoms with Crippen LogP contribution in [0.1, 0.15) is 22.4 Å². The van der Waals surface area contributed by atoms with Crippen molar-refractivity contribution in [1.29, 1.82) is 0 Å². The van der Waals surface area contributed by atoms with E-state index in [4.69, 9.17) is 29.2 Å². The Hall–Kier alpha value is -3.82. The molecule has 1 aromatic heterocycles. The van der Waals surface area contributed by atoms with Crippen LogP contribution in [0, 0.1) is 13.8 Å². The molecule has 0 aliphatic carbocycles. The Bertz CT molecular complexity index is 957. The van der Waals surface area contributed by atoms with Gasteiger partial charge in [-0.25, -0.2) is 9.59 Å². The summed E-state index contributed by atoms with van der Waals surface area (Å²) in [5.41, 5.74) is 10.8. The standard InChI is InChI=1S/C20H22N4O7/c1-13-4-6-16(7-5-13)31-20(26)29-10-17-15(9-28-18(25)11-27-3)8-22-14(2)19(17)30-12-23-24-21/h4-8H,9-12H2,1-3H3. The second-order valence-corrected chi connectivity index (χ2v) is 6.23. The molecular weight excluding hydrogens is 408 g/mol. The van der Waals surface area contributed by atoms with E-state index in [0.717, 1.165) is 5.56 Å². The van der Waals surface area contributed by atoms with Gasteiger partial charge in [-0.1, -0.05) is 22.8 Å². The SMILES string of the molecule is COCC(=O)OCc1cnc(C)c(OCN=[N+]=[N-])c1COC(=O)Oc1ccc(C)cc1. The maximum atomic E-state index is 12.1. The van der Waals surface area contributed by atoms with E-state index < -0.39 is 12.1 Å². The van der Waals surface area contributed by atoms with Gasteiger partial charge in [0, 0.05) is 29.3 Å². The summed E-state index contributed by atoms with van der Waals surface area (Å²) in [7, 11) is 1.37. The highest BCUT2D eigenvalue weighted by molar-refractivity contribution is 5.70. The zero-order valence-electron chi connectivity index (χ0n) is 17.4. The van der Waals surface area contributed by atoms with Gasteiger partial charge >= 0.3 is 12.1 Å². The molecule has 1 aromatic carbocycles.